The number of benzene rings is 3. The predicted molar refractivity (Wildman–Crippen MR) is 126 cm³/mol. The fourth-order valence-corrected chi connectivity index (χ4v) is 6.50. The molecule has 3 aromatic rings. The van der Waals surface area contributed by atoms with Crippen molar-refractivity contribution < 1.29 is 14.4 Å². The van der Waals surface area contributed by atoms with E-state index in [1.54, 1.807) is 24.3 Å². The largest absolute Gasteiger partial charge is 0.321 e. The zero-order chi connectivity index (χ0) is 22.3. The molecule has 1 N–H and O–H groups in total. The quantitative estimate of drug-likeness (QED) is 0.482. The molecule has 0 unspecified atom stereocenters. The Morgan fingerprint density at radius 3 is 2.12 bits per heavy atom. The predicted octanol–water partition coefficient (Wildman–Crippen LogP) is 4.65. The third kappa shape index (κ3) is 2.62. The van der Waals surface area contributed by atoms with Gasteiger partial charge in [-0.25, -0.2) is 0 Å². The first-order valence-electron chi connectivity index (χ1n) is 11.6. The lowest BCUT2D eigenvalue weighted by Crippen LogP contribution is -2.40. The highest BCUT2D eigenvalue weighted by Crippen LogP contribution is 2.65. The minimum Gasteiger partial charge on any atom is -0.321 e. The van der Waals surface area contributed by atoms with E-state index in [1.807, 2.05) is 42.5 Å². The number of anilines is 2. The summed E-state index contributed by atoms with van der Waals surface area (Å²) in [5, 5.41) is 5.01. The summed E-state index contributed by atoms with van der Waals surface area (Å²) in [5.74, 6) is 0.750. The van der Waals surface area contributed by atoms with Gasteiger partial charge in [0.15, 0.2) is 0 Å². The van der Waals surface area contributed by atoms with Crippen LogP contribution in [0.25, 0.3) is 10.8 Å². The number of nitrogens with one attached hydrogen (secondary N) is 1. The van der Waals surface area contributed by atoms with Crippen LogP contribution in [0.15, 0.2) is 78.9 Å². The Hall–Kier alpha value is -3.73. The maximum absolute atomic E-state index is 13.3. The molecule has 5 aliphatic rings. The molecule has 5 nitrogen and oxygen atoms in total. The van der Waals surface area contributed by atoms with Crippen molar-refractivity contribution in [2.45, 2.75) is 6.42 Å². The lowest BCUT2D eigenvalue weighted by Gasteiger charge is -2.37. The van der Waals surface area contributed by atoms with Crippen LogP contribution in [0.1, 0.15) is 16.8 Å². The fourth-order valence-electron chi connectivity index (χ4n) is 6.50. The van der Waals surface area contributed by atoms with Crippen molar-refractivity contribution in [3.8, 4) is 0 Å². The van der Waals surface area contributed by atoms with Gasteiger partial charge in [0.05, 0.1) is 17.5 Å². The Morgan fingerprint density at radius 2 is 1.42 bits per heavy atom. The summed E-state index contributed by atoms with van der Waals surface area (Å²) >= 11 is 0. The average Bonchev–Trinajstić information content (AvgIpc) is 3.63. The molecule has 3 fully saturated rings. The molecule has 3 aromatic carbocycles. The van der Waals surface area contributed by atoms with Gasteiger partial charge in [-0.1, -0.05) is 48.6 Å². The van der Waals surface area contributed by atoms with Crippen LogP contribution < -0.4 is 10.2 Å². The summed E-state index contributed by atoms with van der Waals surface area (Å²) in [6, 6.07) is 20.5. The van der Waals surface area contributed by atoms with Gasteiger partial charge in [0.1, 0.15) is 0 Å². The fraction of sp³-hybridized carbons (Fsp3) is 0.250. The number of carbonyl (C=O) groups excluding carboxylic acids is 3. The topological polar surface area (TPSA) is 66.5 Å². The van der Waals surface area contributed by atoms with E-state index in [2.05, 4.69) is 17.5 Å². The van der Waals surface area contributed by atoms with Gasteiger partial charge in [-0.3, -0.25) is 19.3 Å². The molecule has 1 heterocycles. The molecule has 4 aliphatic carbocycles. The molecule has 5 heteroatoms. The maximum Gasteiger partial charge on any atom is 0.255 e. The number of fused-ring (bicyclic) bond motifs is 1. The van der Waals surface area contributed by atoms with Crippen molar-refractivity contribution in [3.63, 3.8) is 0 Å². The van der Waals surface area contributed by atoms with Crippen molar-refractivity contribution in [2.75, 3.05) is 10.2 Å². The molecule has 2 saturated carbocycles. The Labute approximate surface area is 191 Å². The van der Waals surface area contributed by atoms with Crippen LogP contribution in [0, 0.1) is 35.5 Å². The highest BCUT2D eigenvalue weighted by Gasteiger charge is 2.67. The molecule has 0 radical (unpaired) electrons. The average molecular weight is 434 g/mol. The molecule has 0 aromatic heterocycles. The Bertz CT molecular complexity index is 1330. The van der Waals surface area contributed by atoms with Gasteiger partial charge in [0, 0.05) is 16.6 Å². The molecule has 162 valence electrons. The van der Waals surface area contributed by atoms with Gasteiger partial charge < -0.3 is 5.32 Å². The number of imide groups is 1. The van der Waals surface area contributed by atoms with Gasteiger partial charge >= 0.3 is 0 Å². The second-order valence-electron chi connectivity index (χ2n) is 9.69. The van der Waals surface area contributed by atoms with Crippen molar-refractivity contribution in [1.82, 2.24) is 0 Å². The lowest BCUT2D eigenvalue weighted by atomic mass is 9.63. The van der Waals surface area contributed by atoms with Crippen LogP contribution in [-0.4, -0.2) is 17.7 Å². The number of amides is 3. The standard InChI is InChI=1S/C28H22N2O3/c31-26(29-23-7-3-5-15-4-1-2-6-18(15)23)16-8-10-17(11-9-16)30-27(32)24-19-12-13-20(22-14-21(19)22)25(24)28(30)33/h1-13,19-22,24-25H,14H2,(H,29,31)/t19-,20+,21-,22-,24+,25-/m1/s1. The van der Waals surface area contributed by atoms with Crippen molar-refractivity contribution >= 4 is 39.9 Å². The number of hydrogen-bond acceptors (Lipinski definition) is 3. The van der Waals surface area contributed by atoms with Crippen LogP contribution in [0.3, 0.4) is 0 Å². The summed E-state index contributed by atoms with van der Waals surface area (Å²) in [6.07, 6.45) is 5.50. The maximum atomic E-state index is 13.3. The van der Waals surface area contributed by atoms with E-state index in [0.29, 0.717) is 23.1 Å². The summed E-state index contributed by atoms with van der Waals surface area (Å²) in [4.78, 5) is 40.8. The zero-order valence-corrected chi connectivity index (χ0v) is 17.8. The molecular formula is C28H22N2O3. The van der Waals surface area contributed by atoms with Crippen molar-refractivity contribution in [2.24, 2.45) is 35.5 Å². The number of hydrogen-bond donors (Lipinski definition) is 1. The molecule has 3 amide bonds. The molecule has 1 aliphatic heterocycles. The number of rotatable bonds is 3. The summed E-state index contributed by atoms with van der Waals surface area (Å²) in [7, 11) is 0. The monoisotopic (exact) mass is 434 g/mol. The summed E-state index contributed by atoms with van der Waals surface area (Å²) in [5.41, 5.74) is 1.78. The minimum absolute atomic E-state index is 0.0809. The molecule has 2 bridgehead atoms. The van der Waals surface area contributed by atoms with Crippen LogP contribution in [0.2, 0.25) is 0 Å². The van der Waals surface area contributed by atoms with Gasteiger partial charge in [-0.05, 0) is 65.8 Å². The first kappa shape index (κ1) is 18.8. The number of allylic oxidation sites excluding steroid dienone is 2. The Kier molecular flexibility index (Phi) is 3.78. The molecule has 1 saturated heterocycles. The minimum atomic E-state index is -0.229. The van der Waals surface area contributed by atoms with E-state index >= 15 is 0 Å². The molecule has 33 heavy (non-hydrogen) atoms. The van der Waals surface area contributed by atoms with Crippen molar-refractivity contribution in [3.05, 3.63) is 84.4 Å². The summed E-state index contributed by atoms with van der Waals surface area (Å²) in [6.45, 7) is 0. The second kappa shape index (κ2) is 6.64. The van der Waals surface area contributed by atoms with Crippen LogP contribution >= 0.6 is 0 Å². The molecule has 6 atom stereocenters. The van der Waals surface area contributed by atoms with Gasteiger partial charge in [0.25, 0.3) is 5.91 Å². The van der Waals surface area contributed by atoms with Gasteiger partial charge in [-0.15, -0.1) is 0 Å². The molecule has 0 spiro atoms. The first-order valence-corrected chi connectivity index (χ1v) is 11.6. The van der Waals surface area contributed by atoms with Crippen LogP contribution in [0.5, 0.6) is 0 Å². The summed E-state index contributed by atoms with van der Waals surface area (Å²) < 4.78 is 0. The van der Waals surface area contributed by atoms with E-state index in [-0.39, 0.29) is 41.4 Å². The first-order chi connectivity index (χ1) is 16.1. The van der Waals surface area contributed by atoms with E-state index in [0.717, 1.165) is 22.9 Å². The Morgan fingerprint density at radius 1 is 0.788 bits per heavy atom. The van der Waals surface area contributed by atoms with Gasteiger partial charge in [0.2, 0.25) is 11.8 Å². The second-order valence-corrected chi connectivity index (χ2v) is 9.69. The van der Waals surface area contributed by atoms with E-state index in [4.69, 9.17) is 0 Å². The third-order valence-electron chi connectivity index (χ3n) is 8.09. The molecule has 8 rings (SSSR count). The molecular weight excluding hydrogens is 412 g/mol. The third-order valence-corrected chi connectivity index (χ3v) is 8.09. The Balaban J connectivity index is 1.14. The van der Waals surface area contributed by atoms with E-state index < -0.39 is 0 Å². The SMILES string of the molecule is O=C(Nc1cccc2ccccc12)c1ccc(N2C(=O)[C@@H]3[C@H]4C=C[C@H]([C@H]5C[C@H]45)[C@@H]3C2=O)cc1. The normalized spacial score (nSPS) is 31.0. The van der Waals surface area contributed by atoms with Crippen LogP contribution in [-0.2, 0) is 9.59 Å². The smallest absolute Gasteiger partial charge is 0.255 e. The van der Waals surface area contributed by atoms with E-state index in [9.17, 15) is 14.4 Å². The van der Waals surface area contributed by atoms with E-state index in [1.165, 1.54) is 4.90 Å². The number of nitrogens with zero attached hydrogens (tertiary/aromatic N) is 1. The number of carbonyl (C=O) groups is 3. The zero-order valence-electron chi connectivity index (χ0n) is 17.8. The van der Waals surface area contributed by atoms with Crippen molar-refractivity contribution in [1.29, 1.82) is 0 Å². The lowest BCUT2D eigenvalue weighted by molar-refractivity contribution is -0.124. The van der Waals surface area contributed by atoms with Gasteiger partial charge in [-0.2, -0.15) is 0 Å². The highest BCUT2D eigenvalue weighted by atomic mass is 16.2. The van der Waals surface area contributed by atoms with Crippen LogP contribution in [0.4, 0.5) is 11.4 Å². The highest BCUT2D eigenvalue weighted by molar-refractivity contribution is 6.23.